The molecule has 26 heavy (non-hydrogen) atoms. The van der Waals surface area contributed by atoms with E-state index in [9.17, 15) is 13.2 Å². The van der Waals surface area contributed by atoms with E-state index in [4.69, 9.17) is 0 Å². The summed E-state index contributed by atoms with van der Waals surface area (Å²) in [6.45, 7) is 1.88. The van der Waals surface area contributed by atoms with Crippen LogP contribution in [0.2, 0.25) is 0 Å². The topological polar surface area (TPSA) is 75.9 Å². The Hall–Kier alpha value is -2.60. The van der Waals surface area contributed by atoms with Crippen LogP contribution in [0.1, 0.15) is 30.4 Å². The summed E-state index contributed by atoms with van der Waals surface area (Å²) < 4.78 is 28.3. The molecule has 0 heterocycles. The number of sulfonamides is 1. The van der Waals surface area contributed by atoms with Gasteiger partial charge in [-0.25, -0.2) is 0 Å². The molecule has 0 aromatic heterocycles. The largest absolute Gasteiger partial charge is 0.299 e. The zero-order chi connectivity index (χ0) is 18.6. The van der Waals surface area contributed by atoms with Gasteiger partial charge >= 0.3 is 0 Å². The van der Waals surface area contributed by atoms with Gasteiger partial charge in [-0.2, -0.15) is 8.42 Å². The maximum atomic E-state index is 12.4. The predicted molar refractivity (Wildman–Crippen MR) is 99.3 cm³/mol. The number of hydrogen-bond acceptors (Lipinski definition) is 4. The van der Waals surface area contributed by atoms with Crippen molar-refractivity contribution in [1.82, 2.24) is 0 Å². The summed E-state index contributed by atoms with van der Waals surface area (Å²) in [5, 5.41) is 3.98. The molecule has 0 aliphatic heterocycles. The zero-order valence-corrected chi connectivity index (χ0v) is 15.4. The Morgan fingerprint density at radius 1 is 0.962 bits per heavy atom. The summed E-state index contributed by atoms with van der Waals surface area (Å²) in [5.74, 6) is 0.0155. The van der Waals surface area contributed by atoms with Crippen LogP contribution in [-0.2, 0) is 21.2 Å². The second-order valence-electron chi connectivity index (χ2n) is 6.33. The minimum atomic E-state index is -3.88. The number of benzene rings is 2. The molecule has 1 aliphatic rings. The molecular weight excluding hydrogens is 348 g/mol. The lowest BCUT2D eigenvalue weighted by molar-refractivity contribution is -0.116. The fourth-order valence-electron chi connectivity index (χ4n) is 2.85. The highest BCUT2D eigenvalue weighted by atomic mass is 32.2. The number of nitrogens with zero attached hydrogens (tertiary/aromatic N) is 2. The van der Waals surface area contributed by atoms with Gasteiger partial charge in [0.05, 0.1) is 10.6 Å². The zero-order valence-electron chi connectivity index (χ0n) is 14.6. The SMILES string of the molecule is Cc1ccc(S(=O)(=O)N=NC2=C(Cc3ccccc3)C(=O)CCC2)cc1. The summed E-state index contributed by atoms with van der Waals surface area (Å²) in [7, 11) is -3.88. The second kappa shape index (κ2) is 7.74. The average molecular weight is 368 g/mol. The predicted octanol–water partition coefficient (Wildman–Crippen LogP) is 4.39. The van der Waals surface area contributed by atoms with Crippen LogP contribution >= 0.6 is 0 Å². The quantitative estimate of drug-likeness (QED) is 0.735. The normalized spacial score (nSPS) is 15.7. The first-order chi connectivity index (χ1) is 12.5. The van der Waals surface area contributed by atoms with Gasteiger partial charge in [-0.3, -0.25) is 4.79 Å². The number of carbonyl (C=O) groups excluding carboxylic acids is 1. The Kier molecular flexibility index (Phi) is 5.42. The van der Waals surface area contributed by atoms with Crippen molar-refractivity contribution in [3.05, 3.63) is 77.0 Å². The van der Waals surface area contributed by atoms with E-state index in [2.05, 4.69) is 9.63 Å². The molecule has 0 spiro atoms. The molecule has 0 amide bonds. The van der Waals surface area contributed by atoms with Crippen molar-refractivity contribution < 1.29 is 13.2 Å². The lowest BCUT2D eigenvalue weighted by Crippen LogP contribution is -2.13. The summed E-state index contributed by atoms with van der Waals surface area (Å²) in [5.41, 5.74) is 2.99. The minimum Gasteiger partial charge on any atom is -0.294 e. The molecule has 0 bridgehead atoms. The molecule has 3 rings (SSSR count). The highest BCUT2D eigenvalue weighted by molar-refractivity contribution is 7.90. The third kappa shape index (κ3) is 4.32. The lowest BCUT2D eigenvalue weighted by atomic mass is 9.90. The van der Waals surface area contributed by atoms with Gasteiger partial charge in [0.25, 0.3) is 10.0 Å². The molecule has 2 aromatic carbocycles. The molecule has 0 atom stereocenters. The summed E-state index contributed by atoms with van der Waals surface area (Å²) in [6.07, 6.45) is 2.13. The van der Waals surface area contributed by atoms with Gasteiger partial charge in [-0.15, -0.1) is 5.11 Å². The van der Waals surface area contributed by atoms with Gasteiger partial charge in [-0.1, -0.05) is 52.5 Å². The highest BCUT2D eigenvalue weighted by Crippen LogP contribution is 2.27. The van der Waals surface area contributed by atoms with Crippen molar-refractivity contribution in [2.75, 3.05) is 0 Å². The summed E-state index contributed by atoms with van der Waals surface area (Å²) >= 11 is 0. The van der Waals surface area contributed by atoms with Crippen LogP contribution in [0.25, 0.3) is 0 Å². The van der Waals surface area contributed by atoms with Crippen molar-refractivity contribution in [3.8, 4) is 0 Å². The first-order valence-corrected chi connectivity index (χ1v) is 9.93. The Labute approximate surface area is 153 Å². The average Bonchev–Trinajstić information content (AvgIpc) is 2.63. The van der Waals surface area contributed by atoms with Crippen LogP contribution in [0.5, 0.6) is 0 Å². The third-order valence-electron chi connectivity index (χ3n) is 4.31. The van der Waals surface area contributed by atoms with E-state index in [-0.39, 0.29) is 10.7 Å². The van der Waals surface area contributed by atoms with Crippen LogP contribution in [-0.4, -0.2) is 14.2 Å². The standard InChI is InChI=1S/C20H20N2O3S/c1-15-10-12-17(13-11-15)26(24,25)22-21-19-8-5-9-20(23)18(19)14-16-6-3-2-4-7-16/h2-4,6-7,10-13H,5,8-9,14H2,1H3. The van der Waals surface area contributed by atoms with Gasteiger partial charge in [0.15, 0.2) is 5.78 Å². The van der Waals surface area contributed by atoms with Gasteiger partial charge in [0.2, 0.25) is 0 Å². The van der Waals surface area contributed by atoms with E-state index >= 15 is 0 Å². The molecule has 0 unspecified atom stereocenters. The number of carbonyl (C=O) groups is 1. The van der Waals surface area contributed by atoms with E-state index in [1.165, 1.54) is 12.1 Å². The number of allylic oxidation sites excluding steroid dienone is 2. The van der Waals surface area contributed by atoms with Crippen molar-refractivity contribution in [3.63, 3.8) is 0 Å². The van der Waals surface area contributed by atoms with Gasteiger partial charge < -0.3 is 0 Å². The van der Waals surface area contributed by atoms with Crippen LogP contribution in [0.15, 0.2) is 80.4 Å². The molecule has 2 aromatic rings. The Balaban J connectivity index is 1.91. The lowest BCUT2D eigenvalue weighted by Gasteiger charge is -2.15. The number of hydrogen-bond donors (Lipinski definition) is 0. The number of aryl methyl sites for hydroxylation is 1. The molecule has 5 nitrogen and oxygen atoms in total. The molecule has 0 saturated heterocycles. The molecule has 6 heteroatoms. The maximum absolute atomic E-state index is 12.4. The van der Waals surface area contributed by atoms with E-state index < -0.39 is 10.0 Å². The van der Waals surface area contributed by atoms with E-state index in [0.717, 1.165) is 11.1 Å². The molecule has 134 valence electrons. The number of ketones is 1. The van der Waals surface area contributed by atoms with Crippen molar-refractivity contribution in [2.24, 2.45) is 9.63 Å². The van der Waals surface area contributed by atoms with Crippen LogP contribution in [0.4, 0.5) is 0 Å². The van der Waals surface area contributed by atoms with Crippen molar-refractivity contribution >= 4 is 15.8 Å². The van der Waals surface area contributed by atoms with Crippen LogP contribution < -0.4 is 0 Å². The maximum Gasteiger partial charge on any atom is 0.299 e. The van der Waals surface area contributed by atoms with Crippen molar-refractivity contribution in [2.45, 2.75) is 37.5 Å². The first kappa shape index (κ1) is 18.2. The van der Waals surface area contributed by atoms with Crippen LogP contribution in [0.3, 0.4) is 0 Å². The van der Waals surface area contributed by atoms with Crippen LogP contribution in [0, 0.1) is 6.92 Å². The molecule has 1 aliphatic carbocycles. The van der Waals surface area contributed by atoms with Crippen molar-refractivity contribution in [1.29, 1.82) is 0 Å². The third-order valence-corrected chi connectivity index (χ3v) is 5.48. The van der Waals surface area contributed by atoms with E-state index in [0.29, 0.717) is 37.0 Å². The Morgan fingerprint density at radius 2 is 1.65 bits per heavy atom. The Morgan fingerprint density at radius 3 is 2.35 bits per heavy atom. The Bertz CT molecular complexity index is 960. The van der Waals surface area contributed by atoms with Gasteiger partial charge in [-0.05, 0) is 37.5 Å². The number of Topliss-reactive ketones (excluding diaryl/α,β-unsaturated/α-hetero) is 1. The highest BCUT2D eigenvalue weighted by Gasteiger charge is 2.22. The smallest absolute Gasteiger partial charge is 0.294 e. The van der Waals surface area contributed by atoms with E-state index in [1.807, 2.05) is 37.3 Å². The van der Waals surface area contributed by atoms with E-state index in [1.54, 1.807) is 12.1 Å². The monoisotopic (exact) mass is 368 g/mol. The molecule has 0 saturated carbocycles. The molecule has 0 N–H and O–H groups in total. The fourth-order valence-corrected chi connectivity index (χ4v) is 3.63. The molecule has 0 fully saturated rings. The molecule has 0 radical (unpaired) electrons. The fraction of sp³-hybridized carbons (Fsp3) is 0.250. The summed E-state index contributed by atoms with van der Waals surface area (Å²) in [4.78, 5) is 12.4. The summed E-state index contributed by atoms with van der Waals surface area (Å²) in [6, 6.07) is 16.1. The minimum absolute atomic E-state index is 0.0155. The second-order valence-corrected chi connectivity index (χ2v) is 7.92. The first-order valence-electron chi connectivity index (χ1n) is 8.49. The van der Waals surface area contributed by atoms with Gasteiger partial charge in [0.1, 0.15) is 0 Å². The number of rotatable bonds is 5. The van der Waals surface area contributed by atoms with Gasteiger partial charge in [0, 0.05) is 18.4 Å². The molecular formula is C20H20N2O3S.